The Kier molecular flexibility index (Phi) is 5.46. The van der Waals surface area contributed by atoms with E-state index in [0.717, 1.165) is 16.9 Å². The van der Waals surface area contributed by atoms with Gasteiger partial charge in [-0.25, -0.2) is 4.98 Å². The van der Waals surface area contributed by atoms with Gasteiger partial charge < -0.3 is 9.88 Å². The molecule has 3 rings (SSSR count). The third kappa shape index (κ3) is 4.17. The van der Waals surface area contributed by atoms with Gasteiger partial charge in [-0.15, -0.1) is 0 Å². The molecule has 1 aromatic heterocycles. The molecular weight excluding hydrogens is 326 g/mol. The number of nitrogens with zero attached hydrogens (tertiary/aromatic N) is 2. The molecule has 0 saturated heterocycles. The van der Waals surface area contributed by atoms with Crippen LogP contribution in [0.1, 0.15) is 34.6 Å². The molecule has 0 bridgehead atoms. The van der Waals surface area contributed by atoms with E-state index in [9.17, 15) is 9.59 Å². The average molecular weight is 349 g/mol. The van der Waals surface area contributed by atoms with Crippen LogP contribution in [-0.2, 0) is 18.3 Å². The molecule has 134 valence electrons. The summed E-state index contributed by atoms with van der Waals surface area (Å²) in [7, 11) is 1.99. The zero-order chi connectivity index (χ0) is 18.5. The lowest BCUT2D eigenvalue weighted by molar-refractivity contribution is -0.121. The van der Waals surface area contributed by atoms with Crippen LogP contribution in [0.2, 0.25) is 0 Å². The first-order chi connectivity index (χ1) is 12.5. The van der Waals surface area contributed by atoms with Gasteiger partial charge in [-0.3, -0.25) is 9.59 Å². The van der Waals surface area contributed by atoms with Crippen LogP contribution in [0.15, 0.2) is 48.5 Å². The van der Waals surface area contributed by atoms with E-state index in [1.807, 2.05) is 32.2 Å². The van der Waals surface area contributed by atoms with Crippen LogP contribution in [0.3, 0.4) is 0 Å². The molecule has 1 N–H and O–H groups in total. The molecule has 0 aliphatic rings. The van der Waals surface area contributed by atoms with Crippen molar-refractivity contribution in [1.82, 2.24) is 14.9 Å². The molecule has 0 fully saturated rings. The van der Waals surface area contributed by atoms with Crippen molar-refractivity contribution in [1.29, 1.82) is 0 Å². The molecule has 0 radical (unpaired) electrons. The van der Waals surface area contributed by atoms with E-state index in [0.29, 0.717) is 18.5 Å². The first-order valence-corrected chi connectivity index (χ1v) is 8.81. The Morgan fingerprint density at radius 3 is 2.62 bits per heavy atom. The normalized spacial score (nSPS) is 10.8. The second-order valence-corrected chi connectivity index (χ2v) is 6.47. The first-order valence-electron chi connectivity index (χ1n) is 8.81. The number of fused-ring (bicyclic) bond motifs is 1. The van der Waals surface area contributed by atoms with Crippen molar-refractivity contribution in [3.63, 3.8) is 0 Å². The van der Waals surface area contributed by atoms with Gasteiger partial charge in [0.25, 0.3) is 0 Å². The fraction of sp³-hybridized carbons (Fsp3) is 0.286. The van der Waals surface area contributed by atoms with Gasteiger partial charge in [0.05, 0.1) is 11.0 Å². The predicted octanol–water partition coefficient (Wildman–Crippen LogP) is 3.20. The smallest absolute Gasteiger partial charge is 0.220 e. The number of imidazole rings is 1. The lowest BCUT2D eigenvalue weighted by Crippen LogP contribution is -2.26. The maximum absolute atomic E-state index is 12.0. The highest BCUT2D eigenvalue weighted by atomic mass is 16.2. The van der Waals surface area contributed by atoms with Gasteiger partial charge in [0.2, 0.25) is 5.91 Å². The van der Waals surface area contributed by atoms with Crippen molar-refractivity contribution in [2.45, 2.75) is 26.2 Å². The summed E-state index contributed by atoms with van der Waals surface area (Å²) in [5.74, 6) is 0.821. The van der Waals surface area contributed by atoms with Crippen LogP contribution in [-0.4, -0.2) is 27.8 Å². The highest BCUT2D eigenvalue weighted by Gasteiger charge is 2.10. The van der Waals surface area contributed by atoms with Crippen LogP contribution >= 0.6 is 0 Å². The molecule has 5 nitrogen and oxygen atoms in total. The summed E-state index contributed by atoms with van der Waals surface area (Å²) in [6.45, 7) is 2.55. The van der Waals surface area contributed by atoms with E-state index in [1.54, 1.807) is 12.1 Å². The van der Waals surface area contributed by atoms with Gasteiger partial charge in [-0.2, -0.15) is 0 Å². The van der Waals surface area contributed by atoms with E-state index in [1.165, 1.54) is 5.56 Å². The number of ketones is 1. The summed E-state index contributed by atoms with van der Waals surface area (Å²) >= 11 is 0. The summed E-state index contributed by atoms with van der Waals surface area (Å²) in [5, 5.41) is 2.88. The topological polar surface area (TPSA) is 64.0 Å². The van der Waals surface area contributed by atoms with E-state index in [-0.39, 0.29) is 24.5 Å². The second-order valence-electron chi connectivity index (χ2n) is 6.47. The monoisotopic (exact) mass is 349 g/mol. The number of hydrogen-bond acceptors (Lipinski definition) is 3. The molecule has 1 heterocycles. The number of aromatic nitrogens is 2. The summed E-state index contributed by atoms with van der Waals surface area (Å²) in [6, 6.07) is 15.3. The summed E-state index contributed by atoms with van der Waals surface area (Å²) in [6.07, 6.45) is 1.08. The number of nitrogens with one attached hydrogen (secondary N) is 1. The van der Waals surface area contributed by atoms with Gasteiger partial charge in [0, 0.05) is 38.4 Å². The highest BCUT2D eigenvalue weighted by molar-refractivity contribution is 5.97. The minimum Gasteiger partial charge on any atom is -0.356 e. The van der Waals surface area contributed by atoms with Crippen LogP contribution in [0.5, 0.6) is 0 Å². The Bertz CT molecular complexity index is 929. The molecule has 0 aliphatic heterocycles. The number of rotatable bonds is 7. The standard InChI is InChI=1S/C21H23N3O2/c1-15-8-9-18-17(14-15)23-20(24(18)2)12-13-22-21(26)11-10-19(25)16-6-4-3-5-7-16/h3-9,14H,10-13H2,1-2H3,(H,22,26). The quantitative estimate of drug-likeness (QED) is 0.666. The number of Topliss-reactive ketones (excluding diaryl/α,β-unsaturated/α-hetero) is 1. The van der Waals surface area contributed by atoms with E-state index in [2.05, 4.69) is 33.1 Å². The predicted molar refractivity (Wildman–Crippen MR) is 102 cm³/mol. The fourth-order valence-corrected chi connectivity index (χ4v) is 2.98. The van der Waals surface area contributed by atoms with Crippen molar-refractivity contribution in [3.8, 4) is 0 Å². The van der Waals surface area contributed by atoms with Crippen molar-refractivity contribution in [2.75, 3.05) is 6.54 Å². The van der Waals surface area contributed by atoms with Crippen LogP contribution in [0, 0.1) is 6.92 Å². The molecule has 2 aromatic carbocycles. The third-order valence-corrected chi connectivity index (χ3v) is 4.47. The summed E-state index contributed by atoms with van der Waals surface area (Å²) in [4.78, 5) is 28.6. The molecule has 5 heteroatoms. The fourth-order valence-electron chi connectivity index (χ4n) is 2.98. The molecule has 0 unspecified atom stereocenters. The van der Waals surface area contributed by atoms with Crippen molar-refractivity contribution >= 4 is 22.7 Å². The van der Waals surface area contributed by atoms with Crippen molar-refractivity contribution in [2.24, 2.45) is 7.05 Å². The van der Waals surface area contributed by atoms with Gasteiger partial charge >= 0.3 is 0 Å². The van der Waals surface area contributed by atoms with Gasteiger partial charge in [-0.05, 0) is 24.6 Å². The van der Waals surface area contributed by atoms with Gasteiger partial charge in [0.15, 0.2) is 5.78 Å². The third-order valence-electron chi connectivity index (χ3n) is 4.47. The molecular formula is C21H23N3O2. The molecule has 26 heavy (non-hydrogen) atoms. The molecule has 0 atom stereocenters. The number of hydrogen-bond donors (Lipinski definition) is 1. The Labute approximate surface area is 153 Å². The maximum atomic E-state index is 12.0. The van der Waals surface area contributed by atoms with Crippen LogP contribution in [0.4, 0.5) is 0 Å². The summed E-state index contributed by atoms with van der Waals surface area (Å²) in [5.41, 5.74) is 3.89. The van der Waals surface area contributed by atoms with E-state index in [4.69, 9.17) is 0 Å². The van der Waals surface area contributed by atoms with E-state index < -0.39 is 0 Å². The molecule has 0 saturated carbocycles. The SMILES string of the molecule is Cc1ccc2c(c1)nc(CCNC(=O)CCC(=O)c1ccccc1)n2C. The lowest BCUT2D eigenvalue weighted by atomic mass is 10.1. The average Bonchev–Trinajstić information content (AvgIpc) is 2.95. The summed E-state index contributed by atoms with van der Waals surface area (Å²) < 4.78 is 2.06. The minimum atomic E-state index is -0.108. The molecule has 0 aliphatic carbocycles. The Morgan fingerprint density at radius 2 is 1.85 bits per heavy atom. The highest BCUT2D eigenvalue weighted by Crippen LogP contribution is 2.16. The second kappa shape index (κ2) is 7.95. The Morgan fingerprint density at radius 1 is 1.08 bits per heavy atom. The number of aryl methyl sites for hydroxylation is 2. The number of carbonyl (C=O) groups is 2. The maximum Gasteiger partial charge on any atom is 0.220 e. The van der Waals surface area contributed by atoms with Crippen LogP contribution < -0.4 is 5.32 Å². The molecule has 3 aromatic rings. The number of carbonyl (C=O) groups excluding carboxylic acids is 2. The minimum absolute atomic E-state index is 0.00790. The Balaban J connectivity index is 1.48. The largest absolute Gasteiger partial charge is 0.356 e. The first kappa shape index (κ1) is 17.9. The van der Waals surface area contributed by atoms with E-state index >= 15 is 0 Å². The lowest BCUT2D eigenvalue weighted by Gasteiger charge is -2.06. The van der Waals surface area contributed by atoms with Gasteiger partial charge in [-0.1, -0.05) is 36.4 Å². The Hall–Kier alpha value is -2.95. The van der Waals surface area contributed by atoms with Gasteiger partial charge in [0.1, 0.15) is 5.82 Å². The number of amides is 1. The number of benzene rings is 2. The zero-order valence-electron chi connectivity index (χ0n) is 15.2. The van der Waals surface area contributed by atoms with Crippen LogP contribution in [0.25, 0.3) is 11.0 Å². The van der Waals surface area contributed by atoms with Crippen molar-refractivity contribution in [3.05, 3.63) is 65.5 Å². The molecule has 0 spiro atoms. The zero-order valence-corrected chi connectivity index (χ0v) is 15.2. The van der Waals surface area contributed by atoms with Crippen molar-refractivity contribution < 1.29 is 9.59 Å². The molecule has 1 amide bonds.